The maximum absolute atomic E-state index is 14.8. The highest BCUT2D eigenvalue weighted by atomic mass is 19.1. The van der Waals surface area contributed by atoms with E-state index in [1.54, 1.807) is 24.0 Å². The van der Waals surface area contributed by atoms with Crippen LogP contribution in [0.2, 0.25) is 0 Å². The number of nitrogens with one attached hydrogen (secondary N) is 1. The van der Waals surface area contributed by atoms with Crippen molar-refractivity contribution in [1.29, 1.82) is 0 Å². The van der Waals surface area contributed by atoms with Gasteiger partial charge in [0.25, 0.3) is 0 Å². The molecule has 2 aliphatic rings. The number of morpholine rings is 1. The minimum atomic E-state index is -0.757. The molecule has 4 rings (SSSR count). The van der Waals surface area contributed by atoms with Crippen molar-refractivity contribution < 1.29 is 18.7 Å². The molecule has 2 aromatic rings. The van der Waals surface area contributed by atoms with E-state index in [-0.39, 0.29) is 17.6 Å². The first-order valence-electron chi connectivity index (χ1n) is 10.7. The molecule has 0 saturated carbocycles. The monoisotopic (exact) mass is 425 g/mol. The topological polar surface area (TPSA) is 61.9 Å². The highest BCUT2D eigenvalue weighted by Crippen LogP contribution is 2.37. The Morgan fingerprint density at radius 3 is 2.29 bits per heavy atom. The van der Waals surface area contributed by atoms with Crippen molar-refractivity contribution in [1.82, 2.24) is 4.90 Å². The van der Waals surface area contributed by atoms with Gasteiger partial charge in [0.05, 0.1) is 24.3 Å². The Labute approximate surface area is 182 Å². The summed E-state index contributed by atoms with van der Waals surface area (Å²) in [5, 5.41) is 2.94. The molecule has 31 heavy (non-hydrogen) atoms. The number of likely N-dealkylation sites (tertiary alicyclic amines) is 1. The molecule has 2 fully saturated rings. The molecule has 6 nitrogen and oxygen atoms in total. The summed E-state index contributed by atoms with van der Waals surface area (Å²) in [6, 6.07) is 14.5. The minimum absolute atomic E-state index is 0.0165. The van der Waals surface area contributed by atoms with Gasteiger partial charge in [0.2, 0.25) is 11.8 Å². The van der Waals surface area contributed by atoms with Crippen LogP contribution in [0.15, 0.2) is 48.5 Å². The van der Waals surface area contributed by atoms with Crippen LogP contribution in [0.1, 0.15) is 25.3 Å². The van der Waals surface area contributed by atoms with Gasteiger partial charge < -0.3 is 19.9 Å². The lowest BCUT2D eigenvalue weighted by atomic mass is 9.72. The van der Waals surface area contributed by atoms with Gasteiger partial charge in [0, 0.05) is 38.8 Å². The Balaban J connectivity index is 1.55. The molecule has 2 aliphatic heterocycles. The molecule has 0 unspecified atom stereocenters. The second kappa shape index (κ2) is 9.06. The number of amides is 2. The van der Waals surface area contributed by atoms with E-state index >= 15 is 0 Å². The number of carbonyl (C=O) groups is 2. The molecule has 164 valence electrons. The standard InChI is InChI=1S/C24H28FN3O3/c1-18(29)27-11-9-24(10-12-27,19-5-3-2-4-6-19)23(30)26-20-7-8-22(21(25)17-20)28-13-15-31-16-14-28/h2-8,17H,9-16H2,1H3,(H,26,30). The predicted octanol–water partition coefficient (Wildman–Crippen LogP) is 3.18. The molecule has 0 radical (unpaired) electrons. The fraction of sp³-hybridized carbons (Fsp3) is 0.417. The van der Waals surface area contributed by atoms with Gasteiger partial charge in [-0.25, -0.2) is 4.39 Å². The SMILES string of the molecule is CC(=O)N1CCC(C(=O)Nc2ccc(N3CCOCC3)c(F)c2)(c2ccccc2)CC1. The van der Waals surface area contributed by atoms with Gasteiger partial charge in [0.1, 0.15) is 5.82 Å². The van der Waals surface area contributed by atoms with Crippen LogP contribution >= 0.6 is 0 Å². The van der Waals surface area contributed by atoms with E-state index in [2.05, 4.69) is 5.32 Å². The Kier molecular flexibility index (Phi) is 6.23. The second-order valence-corrected chi connectivity index (χ2v) is 8.17. The molecular formula is C24H28FN3O3. The van der Waals surface area contributed by atoms with Gasteiger partial charge in [-0.2, -0.15) is 0 Å². The van der Waals surface area contributed by atoms with E-state index in [4.69, 9.17) is 4.74 Å². The minimum Gasteiger partial charge on any atom is -0.378 e. The van der Waals surface area contributed by atoms with Crippen molar-refractivity contribution in [2.45, 2.75) is 25.2 Å². The molecule has 1 N–H and O–H groups in total. The van der Waals surface area contributed by atoms with Gasteiger partial charge in [-0.15, -0.1) is 0 Å². The lowest BCUT2D eigenvalue weighted by molar-refractivity contribution is -0.133. The summed E-state index contributed by atoms with van der Waals surface area (Å²) < 4.78 is 20.1. The fourth-order valence-electron chi connectivity index (χ4n) is 4.50. The Hall–Kier alpha value is -2.93. The smallest absolute Gasteiger partial charge is 0.235 e. The molecule has 0 atom stereocenters. The van der Waals surface area contributed by atoms with Crippen LogP contribution < -0.4 is 10.2 Å². The zero-order chi connectivity index (χ0) is 21.8. The van der Waals surface area contributed by atoms with E-state index in [1.165, 1.54) is 6.07 Å². The van der Waals surface area contributed by atoms with E-state index in [0.717, 1.165) is 5.56 Å². The van der Waals surface area contributed by atoms with Crippen molar-refractivity contribution in [3.05, 3.63) is 59.9 Å². The predicted molar refractivity (Wildman–Crippen MR) is 118 cm³/mol. The van der Waals surface area contributed by atoms with Crippen LogP contribution in [-0.4, -0.2) is 56.1 Å². The number of ether oxygens (including phenoxy) is 1. The first kappa shape index (κ1) is 21.3. The zero-order valence-corrected chi connectivity index (χ0v) is 17.8. The Bertz CT molecular complexity index is 936. The first-order chi connectivity index (χ1) is 15.0. The summed E-state index contributed by atoms with van der Waals surface area (Å²) in [6.45, 7) is 5.03. The Morgan fingerprint density at radius 2 is 1.68 bits per heavy atom. The third kappa shape index (κ3) is 4.42. The largest absolute Gasteiger partial charge is 0.378 e. The van der Waals surface area contributed by atoms with Crippen molar-refractivity contribution in [3.8, 4) is 0 Å². The van der Waals surface area contributed by atoms with E-state index in [1.807, 2.05) is 35.2 Å². The number of anilines is 2. The van der Waals surface area contributed by atoms with E-state index in [9.17, 15) is 14.0 Å². The van der Waals surface area contributed by atoms with Crippen LogP contribution in [0.5, 0.6) is 0 Å². The quantitative estimate of drug-likeness (QED) is 0.817. The van der Waals surface area contributed by atoms with E-state index in [0.29, 0.717) is 63.6 Å². The van der Waals surface area contributed by atoms with Gasteiger partial charge >= 0.3 is 0 Å². The molecule has 0 aromatic heterocycles. The van der Waals surface area contributed by atoms with Crippen LogP contribution in [0.25, 0.3) is 0 Å². The highest BCUT2D eigenvalue weighted by molar-refractivity contribution is 5.99. The number of hydrogen-bond acceptors (Lipinski definition) is 4. The summed E-state index contributed by atoms with van der Waals surface area (Å²) in [4.78, 5) is 29.0. The lowest BCUT2D eigenvalue weighted by Crippen LogP contribution is -2.50. The summed E-state index contributed by atoms with van der Waals surface area (Å²) in [5.74, 6) is -0.511. The number of rotatable bonds is 4. The number of nitrogens with zero attached hydrogens (tertiary/aromatic N) is 2. The molecule has 0 spiro atoms. The molecule has 0 aliphatic carbocycles. The Morgan fingerprint density at radius 1 is 1.00 bits per heavy atom. The molecule has 2 saturated heterocycles. The lowest BCUT2D eigenvalue weighted by Gasteiger charge is -2.40. The summed E-state index contributed by atoms with van der Waals surface area (Å²) in [5.41, 5.74) is 1.12. The molecule has 7 heteroatoms. The van der Waals surface area contributed by atoms with Crippen molar-refractivity contribution in [2.75, 3.05) is 49.6 Å². The molecule has 2 amide bonds. The summed E-state index contributed by atoms with van der Waals surface area (Å²) in [7, 11) is 0. The maximum atomic E-state index is 14.8. The first-order valence-corrected chi connectivity index (χ1v) is 10.7. The number of piperidine rings is 1. The third-order valence-corrected chi connectivity index (χ3v) is 6.38. The third-order valence-electron chi connectivity index (χ3n) is 6.38. The van der Waals surface area contributed by atoms with Crippen molar-refractivity contribution in [2.24, 2.45) is 0 Å². The van der Waals surface area contributed by atoms with E-state index < -0.39 is 5.41 Å². The fourth-order valence-corrected chi connectivity index (χ4v) is 4.50. The van der Waals surface area contributed by atoms with Crippen LogP contribution in [0.3, 0.4) is 0 Å². The maximum Gasteiger partial charge on any atom is 0.235 e. The van der Waals surface area contributed by atoms with Gasteiger partial charge in [0.15, 0.2) is 0 Å². The number of hydrogen-bond donors (Lipinski definition) is 1. The molecule has 2 heterocycles. The zero-order valence-electron chi connectivity index (χ0n) is 17.8. The van der Waals surface area contributed by atoms with Crippen molar-refractivity contribution in [3.63, 3.8) is 0 Å². The van der Waals surface area contributed by atoms with Gasteiger partial charge in [-0.3, -0.25) is 9.59 Å². The number of carbonyl (C=O) groups excluding carboxylic acids is 2. The average Bonchev–Trinajstić information content (AvgIpc) is 2.80. The number of benzene rings is 2. The second-order valence-electron chi connectivity index (χ2n) is 8.17. The highest BCUT2D eigenvalue weighted by Gasteiger charge is 2.43. The molecule has 0 bridgehead atoms. The molecular weight excluding hydrogens is 397 g/mol. The van der Waals surface area contributed by atoms with Crippen LogP contribution in [-0.2, 0) is 19.7 Å². The number of halogens is 1. The summed E-state index contributed by atoms with van der Waals surface area (Å²) in [6.07, 6.45) is 1.05. The normalized spacial score (nSPS) is 18.5. The van der Waals surface area contributed by atoms with Crippen molar-refractivity contribution >= 4 is 23.2 Å². The van der Waals surface area contributed by atoms with Crippen LogP contribution in [0.4, 0.5) is 15.8 Å². The molecule has 2 aromatic carbocycles. The van der Waals surface area contributed by atoms with Crippen LogP contribution in [0, 0.1) is 5.82 Å². The summed E-state index contributed by atoms with van der Waals surface area (Å²) >= 11 is 0. The van der Waals surface area contributed by atoms with Gasteiger partial charge in [-0.1, -0.05) is 30.3 Å². The average molecular weight is 426 g/mol. The van der Waals surface area contributed by atoms with Gasteiger partial charge in [-0.05, 0) is 36.6 Å².